The molecule has 0 bridgehead atoms. The molecule has 17 heavy (non-hydrogen) atoms. The van der Waals surface area contributed by atoms with E-state index < -0.39 is 0 Å². The van der Waals surface area contributed by atoms with Crippen molar-refractivity contribution >= 4 is 5.78 Å². The van der Waals surface area contributed by atoms with Crippen LogP contribution in [0.3, 0.4) is 0 Å². The molecule has 90 valence electrons. The van der Waals surface area contributed by atoms with Crippen LogP contribution in [0.4, 0.5) is 0 Å². The SMILES string of the molecule is CC1CC(C(=O)C2CC2c2ccccc2)CO1. The van der Waals surface area contributed by atoms with Gasteiger partial charge in [-0.25, -0.2) is 0 Å². The molecule has 0 aromatic heterocycles. The summed E-state index contributed by atoms with van der Waals surface area (Å²) in [5, 5.41) is 0. The summed E-state index contributed by atoms with van der Waals surface area (Å²) in [6.45, 7) is 2.69. The Hall–Kier alpha value is -1.15. The van der Waals surface area contributed by atoms with Gasteiger partial charge in [-0.1, -0.05) is 30.3 Å². The second kappa shape index (κ2) is 4.26. The highest BCUT2D eigenvalue weighted by molar-refractivity contribution is 5.87. The number of ketones is 1. The Labute approximate surface area is 102 Å². The molecule has 0 amide bonds. The summed E-state index contributed by atoms with van der Waals surface area (Å²) in [5.41, 5.74) is 1.32. The van der Waals surface area contributed by atoms with Crippen molar-refractivity contribution < 1.29 is 9.53 Å². The Balaban J connectivity index is 1.63. The molecule has 2 fully saturated rings. The molecule has 4 unspecified atom stereocenters. The number of benzene rings is 1. The van der Waals surface area contributed by atoms with Crippen LogP contribution < -0.4 is 0 Å². The largest absolute Gasteiger partial charge is 0.378 e. The van der Waals surface area contributed by atoms with Crippen molar-refractivity contribution in [3.8, 4) is 0 Å². The molecule has 0 spiro atoms. The van der Waals surface area contributed by atoms with Crippen LogP contribution in [-0.2, 0) is 9.53 Å². The predicted octanol–water partition coefficient (Wildman–Crippen LogP) is 2.78. The first-order valence-corrected chi connectivity index (χ1v) is 6.46. The number of hydrogen-bond acceptors (Lipinski definition) is 2. The third-order valence-electron chi connectivity index (χ3n) is 3.98. The Morgan fingerprint density at radius 1 is 1.24 bits per heavy atom. The van der Waals surface area contributed by atoms with E-state index in [2.05, 4.69) is 31.2 Å². The molecule has 2 heteroatoms. The lowest BCUT2D eigenvalue weighted by Gasteiger charge is -2.06. The van der Waals surface area contributed by atoms with Crippen molar-refractivity contribution in [2.24, 2.45) is 11.8 Å². The molecule has 2 nitrogen and oxygen atoms in total. The van der Waals surface area contributed by atoms with Gasteiger partial charge in [-0.3, -0.25) is 4.79 Å². The monoisotopic (exact) mass is 230 g/mol. The van der Waals surface area contributed by atoms with E-state index in [4.69, 9.17) is 4.74 Å². The van der Waals surface area contributed by atoms with E-state index in [1.165, 1.54) is 5.56 Å². The Bertz CT molecular complexity index is 412. The zero-order valence-electron chi connectivity index (χ0n) is 10.1. The first-order valence-electron chi connectivity index (χ1n) is 6.46. The third-order valence-corrected chi connectivity index (χ3v) is 3.98. The molecular weight excluding hydrogens is 212 g/mol. The van der Waals surface area contributed by atoms with Crippen LogP contribution in [0.5, 0.6) is 0 Å². The molecule has 1 aliphatic heterocycles. The second-order valence-corrected chi connectivity index (χ2v) is 5.34. The number of Topliss-reactive ketones (excluding diaryl/α,β-unsaturated/α-hetero) is 1. The summed E-state index contributed by atoms with van der Waals surface area (Å²) >= 11 is 0. The first kappa shape index (κ1) is 11.0. The molecule has 2 aliphatic rings. The van der Waals surface area contributed by atoms with Gasteiger partial charge in [0.15, 0.2) is 0 Å². The van der Waals surface area contributed by atoms with Crippen LogP contribution in [0.25, 0.3) is 0 Å². The number of hydrogen-bond donors (Lipinski definition) is 0. The molecule has 1 aromatic rings. The zero-order chi connectivity index (χ0) is 11.8. The fraction of sp³-hybridized carbons (Fsp3) is 0.533. The molecule has 1 saturated carbocycles. The molecule has 1 aromatic carbocycles. The van der Waals surface area contributed by atoms with Gasteiger partial charge < -0.3 is 4.74 Å². The van der Waals surface area contributed by atoms with Crippen LogP contribution in [0.2, 0.25) is 0 Å². The van der Waals surface area contributed by atoms with E-state index in [1.54, 1.807) is 0 Å². The molecule has 0 radical (unpaired) electrons. The first-order chi connectivity index (χ1) is 8.25. The summed E-state index contributed by atoms with van der Waals surface area (Å²) in [6.07, 6.45) is 2.21. The maximum absolute atomic E-state index is 12.3. The van der Waals surface area contributed by atoms with Crippen molar-refractivity contribution in [2.45, 2.75) is 31.8 Å². The summed E-state index contributed by atoms with van der Waals surface area (Å²) in [7, 11) is 0. The van der Waals surface area contributed by atoms with Gasteiger partial charge in [0, 0.05) is 11.8 Å². The lowest BCUT2D eigenvalue weighted by Crippen LogP contribution is -2.17. The summed E-state index contributed by atoms with van der Waals surface area (Å²) in [6, 6.07) is 10.4. The van der Waals surface area contributed by atoms with Gasteiger partial charge in [0.25, 0.3) is 0 Å². The molecule has 1 heterocycles. The van der Waals surface area contributed by atoms with E-state index in [0.717, 1.165) is 12.8 Å². The molecule has 1 saturated heterocycles. The van der Waals surface area contributed by atoms with E-state index in [1.807, 2.05) is 6.07 Å². The van der Waals surface area contributed by atoms with Gasteiger partial charge in [-0.15, -0.1) is 0 Å². The second-order valence-electron chi connectivity index (χ2n) is 5.34. The van der Waals surface area contributed by atoms with Crippen LogP contribution in [-0.4, -0.2) is 18.5 Å². The lowest BCUT2D eigenvalue weighted by molar-refractivity contribution is -0.124. The lowest BCUT2D eigenvalue weighted by atomic mass is 9.95. The van der Waals surface area contributed by atoms with Crippen LogP contribution in [0.15, 0.2) is 30.3 Å². The fourth-order valence-corrected chi connectivity index (χ4v) is 2.90. The number of ether oxygens (including phenoxy) is 1. The highest BCUT2D eigenvalue weighted by atomic mass is 16.5. The molecule has 1 aliphatic carbocycles. The van der Waals surface area contributed by atoms with Crippen molar-refractivity contribution in [3.05, 3.63) is 35.9 Å². The molecule has 3 rings (SSSR count). The van der Waals surface area contributed by atoms with Gasteiger partial charge in [-0.05, 0) is 31.2 Å². The predicted molar refractivity (Wildman–Crippen MR) is 65.8 cm³/mol. The van der Waals surface area contributed by atoms with Crippen molar-refractivity contribution in [2.75, 3.05) is 6.61 Å². The van der Waals surface area contributed by atoms with Crippen LogP contribution >= 0.6 is 0 Å². The minimum Gasteiger partial charge on any atom is -0.378 e. The van der Waals surface area contributed by atoms with Gasteiger partial charge in [0.05, 0.1) is 12.7 Å². The van der Waals surface area contributed by atoms with E-state index in [-0.39, 0.29) is 17.9 Å². The molecule has 0 N–H and O–H groups in total. The standard InChI is InChI=1S/C15H18O2/c1-10-7-12(9-17-10)15(16)14-8-13(14)11-5-3-2-4-6-11/h2-6,10,12-14H,7-9H2,1H3. The minimum atomic E-state index is 0.156. The average Bonchev–Trinajstić information content (AvgIpc) is 3.05. The summed E-state index contributed by atoms with van der Waals surface area (Å²) in [5.74, 6) is 1.32. The average molecular weight is 230 g/mol. The van der Waals surface area contributed by atoms with Crippen LogP contribution in [0.1, 0.15) is 31.2 Å². The molecular formula is C15H18O2. The van der Waals surface area contributed by atoms with Gasteiger partial charge in [0.2, 0.25) is 0 Å². The minimum absolute atomic E-state index is 0.156. The third kappa shape index (κ3) is 2.14. The maximum Gasteiger partial charge on any atom is 0.142 e. The van der Waals surface area contributed by atoms with E-state index >= 15 is 0 Å². The quantitative estimate of drug-likeness (QED) is 0.798. The Kier molecular flexibility index (Phi) is 2.75. The van der Waals surface area contributed by atoms with Crippen LogP contribution in [0, 0.1) is 11.8 Å². The zero-order valence-corrected chi connectivity index (χ0v) is 10.1. The topological polar surface area (TPSA) is 26.3 Å². The van der Waals surface area contributed by atoms with E-state index in [0.29, 0.717) is 18.3 Å². The van der Waals surface area contributed by atoms with Crippen molar-refractivity contribution in [1.29, 1.82) is 0 Å². The maximum atomic E-state index is 12.3. The van der Waals surface area contributed by atoms with Crippen molar-refractivity contribution in [1.82, 2.24) is 0 Å². The summed E-state index contributed by atoms with van der Waals surface area (Å²) in [4.78, 5) is 12.3. The smallest absolute Gasteiger partial charge is 0.142 e. The van der Waals surface area contributed by atoms with Crippen molar-refractivity contribution in [3.63, 3.8) is 0 Å². The highest BCUT2D eigenvalue weighted by Gasteiger charge is 2.47. The fourth-order valence-electron chi connectivity index (χ4n) is 2.90. The Morgan fingerprint density at radius 2 is 2.00 bits per heavy atom. The van der Waals surface area contributed by atoms with Gasteiger partial charge in [-0.2, -0.15) is 0 Å². The number of carbonyl (C=O) groups is 1. The molecule has 4 atom stereocenters. The van der Waals surface area contributed by atoms with Gasteiger partial charge in [0.1, 0.15) is 5.78 Å². The highest BCUT2D eigenvalue weighted by Crippen LogP contribution is 2.49. The number of rotatable bonds is 3. The number of carbonyl (C=O) groups excluding carboxylic acids is 1. The summed E-state index contributed by atoms with van der Waals surface area (Å²) < 4.78 is 5.48. The van der Waals surface area contributed by atoms with Gasteiger partial charge >= 0.3 is 0 Å². The Morgan fingerprint density at radius 3 is 2.65 bits per heavy atom. The normalized spacial score (nSPS) is 35.8. The van der Waals surface area contributed by atoms with E-state index in [9.17, 15) is 4.79 Å².